The zero-order valence-electron chi connectivity index (χ0n) is 14.2. The molecule has 0 aliphatic heterocycles. The van der Waals surface area contributed by atoms with Crippen LogP contribution in [0.2, 0.25) is 0 Å². The summed E-state index contributed by atoms with van der Waals surface area (Å²) in [4.78, 5) is 0. The highest BCUT2D eigenvalue weighted by molar-refractivity contribution is 5.24. The maximum atomic E-state index is 5.49. The first kappa shape index (κ1) is 18.1. The van der Waals surface area contributed by atoms with Gasteiger partial charge in [0, 0.05) is 38.1 Å². The van der Waals surface area contributed by atoms with Crippen LogP contribution in [0.3, 0.4) is 0 Å². The van der Waals surface area contributed by atoms with Gasteiger partial charge in [0.2, 0.25) is 0 Å². The molecule has 0 spiro atoms. The van der Waals surface area contributed by atoms with Crippen LogP contribution in [0, 0.1) is 19.8 Å². The van der Waals surface area contributed by atoms with Gasteiger partial charge in [-0.05, 0) is 32.7 Å². The number of methoxy groups -OCH3 is 1. The molecule has 0 fully saturated rings. The topological polar surface area (TPSA) is 48.3 Å². The number of aryl methyl sites for hydroxylation is 2. The van der Waals surface area contributed by atoms with Gasteiger partial charge in [0.25, 0.3) is 0 Å². The van der Waals surface area contributed by atoms with Crippen LogP contribution in [-0.2, 0) is 22.6 Å². The number of aromatic nitrogens is 2. The average molecular weight is 297 g/mol. The van der Waals surface area contributed by atoms with E-state index in [9.17, 15) is 0 Å². The molecule has 0 saturated heterocycles. The number of nitrogens with zero attached hydrogens (tertiary/aromatic N) is 2. The van der Waals surface area contributed by atoms with E-state index in [0.29, 0.717) is 19.1 Å². The molecule has 1 aromatic rings. The van der Waals surface area contributed by atoms with Crippen molar-refractivity contribution in [3.63, 3.8) is 0 Å². The van der Waals surface area contributed by atoms with Gasteiger partial charge >= 0.3 is 0 Å². The molecule has 0 aliphatic carbocycles. The van der Waals surface area contributed by atoms with Crippen molar-refractivity contribution in [2.45, 2.75) is 47.2 Å². The number of nitrogens with one attached hydrogen (secondary N) is 1. The summed E-state index contributed by atoms with van der Waals surface area (Å²) in [5, 5.41) is 8.13. The van der Waals surface area contributed by atoms with Gasteiger partial charge in [-0.1, -0.05) is 13.8 Å². The van der Waals surface area contributed by atoms with Crippen LogP contribution in [0.5, 0.6) is 0 Å². The zero-order chi connectivity index (χ0) is 15.7. The predicted molar refractivity (Wildman–Crippen MR) is 85.6 cm³/mol. The van der Waals surface area contributed by atoms with Crippen molar-refractivity contribution in [2.75, 3.05) is 33.5 Å². The molecule has 0 aromatic carbocycles. The largest absolute Gasteiger partial charge is 0.382 e. The molecule has 0 radical (unpaired) electrons. The molecule has 0 bridgehead atoms. The predicted octanol–water partition coefficient (Wildman–Crippen LogP) is 2.30. The van der Waals surface area contributed by atoms with Crippen molar-refractivity contribution in [3.05, 3.63) is 17.0 Å². The third kappa shape index (κ3) is 6.59. The van der Waals surface area contributed by atoms with Crippen molar-refractivity contribution >= 4 is 0 Å². The smallest absolute Gasteiger partial charge is 0.0700 e. The molecule has 0 saturated carbocycles. The van der Waals surface area contributed by atoms with Crippen LogP contribution < -0.4 is 5.32 Å². The lowest BCUT2D eigenvalue weighted by Crippen LogP contribution is -2.19. The van der Waals surface area contributed by atoms with E-state index in [-0.39, 0.29) is 0 Å². The normalized spacial score (nSPS) is 11.5. The summed E-state index contributed by atoms with van der Waals surface area (Å²) in [6, 6.07) is 0. The molecule has 0 aliphatic rings. The Kier molecular flexibility index (Phi) is 8.57. The highest BCUT2D eigenvalue weighted by Gasteiger charge is 2.10. The van der Waals surface area contributed by atoms with E-state index in [4.69, 9.17) is 9.47 Å². The van der Waals surface area contributed by atoms with Crippen LogP contribution in [-0.4, -0.2) is 43.3 Å². The summed E-state index contributed by atoms with van der Waals surface area (Å²) in [6.07, 6.45) is 0.977. The van der Waals surface area contributed by atoms with E-state index < -0.39 is 0 Å². The molecule has 5 heteroatoms. The molecule has 0 unspecified atom stereocenters. The minimum Gasteiger partial charge on any atom is -0.382 e. The zero-order valence-corrected chi connectivity index (χ0v) is 14.2. The van der Waals surface area contributed by atoms with Crippen LogP contribution in [0.25, 0.3) is 0 Å². The van der Waals surface area contributed by atoms with Gasteiger partial charge in [-0.2, -0.15) is 5.10 Å². The molecule has 5 nitrogen and oxygen atoms in total. The van der Waals surface area contributed by atoms with E-state index in [1.165, 1.54) is 11.3 Å². The summed E-state index contributed by atoms with van der Waals surface area (Å²) < 4.78 is 12.5. The second-order valence-electron chi connectivity index (χ2n) is 5.86. The highest BCUT2D eigenvalue weighted by atomic mass is 16.5. The van der Waals surface area contributed by atoms with Crippen LogP contribution in [0.4, 0.5) is 0 Å². The number of rotatable bonds is 11. The first-order chi connectivity index (χ1) is 10.1. The van der Waals surface area contributed by atoms with Gasteiger partial charge < -0.3 is 14.8 Å². The summed E-state index contributed by atoms with van der Waals surface area (Å²) in [5.74, 6) is 0.671. The van der Waals surface area contributed by atoms with Crippen molar-refractivity contribution in [3.8, 4) is 0 Å². The minimum atomic E-state index is 0.658. The first-order valence-electron chi connectivity index (χ1n) is 7.86. The van der Waals surface area contributed by atoms with Crippen LogP contribution in [0.1, 0.15) is 37.2 Å². The lowest BCUT2D eigenvalue weighted by Gasteiger charge is -2.09. The molecule has 0 atom stereocenters. The Bertz CT molecular complexity index is 402. The number of hydrogen-bond donors (Lipinski definition) is 1. The molecule has 1 aromatic heterocycles. The second kappa shape index (κ2) is 9.92. The Morgan fingerprint density at radius 3 is 2.62 bits per heavy atom. The molecule has 0 amide bonds. The van der Waals surface area contributed by atoms with Crippen molar-refractivity contribution in [1.29, 1.82) is 0 Å². The Hall–Kier alpha value is -0.910. The molecule has 21 heavy (non-hydrogen) atoms. The molecular weight excluding hydrogens is 266 g/mol. The fourth-order valence-corrected chi connectivity index (χ4v) is 2.25. The number of ether oxygens (including phenoxy) is 2. The standard InChI is InChI=1S/C16H31N3O2/c1-13(2)11-17-12-16-14(3)18-19(15(16)4)7-6-8-21-10-9-20-5/h13,17H,6-12H2,1-5H3. The van der Waals surface area contributed by atoms with Gasteiger partial charge in [0.05, 0.1) is 18.9 Å². The van der Waals surface area contributed by atoms with Gasteiger partial charge in [0.15, 0.2) is 0 Å². The van der Waals surface area contributed by atoms with Crippen molar-refractivity contribution in [2.24, 2.45) is 5.92 Å². The fraction of sp³-hybridized carbons (Fsp3) is 0.812. The average Bonchev–Trinajstić information content (AvgIpc) is 2.70. The third-order valence-corrected chi connectivity index (χ3v) is 3.48. The molecule has 122 valence electrons. The van der Waals surface area contributed by atoms with Gasteiger partial charge in [0.1, 0.15) is 0 Å². The van der Waals surface area contributed by atoms with Gasteiger partial charge in [-0.15, -0.1) is 0 Å². The van der Waals surface area contributed by atoms with E-state index in [1.54, 1.807) is 7.11 Å². The third-order valence-electron chi connectivity index (χ3n) is 3.48. The first-order valence-corrected chi connectivity index (χ1v) is 7.86. The second-order valence-corrected chi connectivity index (χ2v) is 5.86. The molecular formula is C16H31N3O2. The van der Waals surface area contributed by atoms with Crippen molar-refractivity contribution in [1.82, 2.24) is 15.1 Å². The van der Waals surface area contributed by atoms with Gasteiger partial charge in [-0.3, -0.25) is 4.68 Å². The summed E-state index contributed by atoms with van der Waals surface area (Å²) in [5.41, 5.74) is 3.72. The summed E-state index contributed by atoms with van der Waals surface area (Å²) in [7, 11) is 1.69. The lowest BCUT2D eigenvalue weighted by molar-refractivity contribution is 0.0676. The minimum absolute atomic E-state index is 0.658. The molecule has 1 heterocycles. The van der Waals surface area contributed by atoms with E-state index in [1.807, 2.05) is 0 Å². The fourth-order valence-electron chi connectivity index (χ4n) is 2.25. The monoisotopic (exact) mass is 297 g/mol. The SMILES string of the molecule is COCCOCCCn1nc(C)c(CNCC(C)C)c1C. The van der Waals surface area contributed by atoms with Crippen LogP contribution in [0.15, 0.2) is 0 Å². The highest BCUT2D eigenvalue weighted by Crippen LogP contribution is 2.13. The van der Waals surface area contributed by atoms with E-state index >= 15 is 0 Å². The quantitative estimate of drug-likeness (QED) is 0.637. The number of hydrogen-bond acceptors (Lipinski definition) is 4. The van der Waals surface area contributed by atoms with E-state index in [0.717, 1.165) is 38.4 Å². The Labute approximate surface area is 129 Å². The Morgan fingerprint density at radius 2 is 1.95 bits per heavy atom. The van der Waals surface area contributed by atoms with Crippen LogP contribution >= 0.6 is 0 Å². The summed E-state index contributed by atoms with van der Waals surface area (Å²) in [6.45, 7) is 13.6. The lowest BCUT2D eigenvalue weighted by atomic mass is 10.2. The van der Waals surface area contributed by atoms with Gasteiger partial charge in [-0.25, -0.2) is 0 Å². The maximum Gasteiger partial charge on any atom is 0.0700 e. The maximum absolute atomic E-state index is 5.49. The summed E-state index contributed by atoms with van der Waals surface area (Å²) >= 11 is 0. The Balaban J connectivity index is 2.38. The van der Waals surface area contributed by atoms with Crippen molar-refractivity contribution < 1.29 is 9.47 Å². The molecule has 1 N–H and O–H groups in total. The van der Waals surface area contributed by atoms with E-state index in [2.05, 4.69) is 42.8 Å². The molecule has 1 rings (SSSR count). The Morgan fingerprint density at radius 1 is 1.19 bits per heavy atom.